The average molecular weight is 240 g/mol. The van der Waals surface area contributed by atoms with E-state index in [1.165, 1.54) is 10.5 Å². The second kappa shape index (κ2) is 5.56. The summed E-state index contributed by atoms with van der Waals surface area (Å²) in [7, 11) is 0. The number of benzene rings is 1. The van der Waals surface area contributed by atoms with Gasteiger partial charge in [-0.05, 0) is 30.4 Å². The van der Waals surface area contributed by atoms with Crippen LogP contribution in [0.25, 0.3) is 0 Å². The minimum atomic E-state index is 0.815. The molecule has 1 aromatic heterocycles. The summed E-state index contributed by atoms with van der Waals surface area (Å²) >= 11 is 1.75. The number of terminal acetylenes is 1. The molecule has 0 saturated heterocycles. The van der Waals surface area contributed by atoms with Crippen molar-refractivity contribution in [2.24, 2.45) is 0 Å². The number of nitrogens with zero attached hydrogens (tertiary/aromatic N) is 1. The van der Waals surface area contributed by atoms with Crippen molar-refractivity contribution in [2.45, 2.75) is 11.4 Å². The Morgan fingerprint density at radius 3 is 2.59 bits per heavy atom. The molecule has 0 spiro atoms. The van der Waals surface area contributed by atoms with Crippen molar-refractivity contribution in [3.8, 4) is 12.3 Å². The van der Waals surface area contributed by atoms with Crippen LogP contribution < -0.4 is 4.57 Å². The molecule has 0 atom stereocenters. The van der Waals surface area contributed by atoms with Gasteiger partial charge in [-0.25, -0.2) is 0 Å². The summed E-state index contributed by atoms with van der Waals surface area (Å²) in [5.74, 6) is 2.70. The Balaban J connectivity index is 2.23. The highest BCUT2D eigenvalue weighted by molar-refractivity contribution is 7.98. The first kappa shape index (κ1) is 11.8. The molecule has 84 valence electrons. The van der Waals surface area contributed by atoms with Crippen LogP contribution in [0, 0.1) is 12.3 Å². The average Bonchev–Trinajstić information content (AvgIpc) is 2.40. The van der Waals surface area contributed by atoms with Crippen LogP contribution >= 0.6 is 11.8 Å². The highest BCUT2D eigenvalue weighted by Crippen LogP contribution is 2.14. The number of rotatable bonds is 3. The first-order valence-corrected chi connectivity index (χ1v) is 6.64. The predicted octanol–water partition coefficient (Wildman–Crippen LogP) is 2.73. The molecule has 0 N–H and O–H groups in total. The zero-order valence-corrected chi connectivity index (χ0v) is 10.6. The largest absolute Gasteiger partial charge is 0.256 e. The zero-order chi connectivity index (χ0) is 12.1. The molecule has 2 heteroatoms. The molecule has 2 aromatic rings. The quantitative estimate of drug-likeness (QED) is 0.453. The molecule has 0 radical (unpaired) electrons. The normalized spacial score (nSPS) is 9.88. The van der Waals surface area contributed by atoms with E-state index in [0.717, 1.165) is 12.2 Å². The smallest absolute Gasteiger partial charge is 0.187 e. The third-order valence-corrected chi connectivity index (χ3v) is 3.34. The van der Waals surface area contributed by atoms with Crippen LogP contribution in [0.2, 0.25) is 0 Å². The van der Waals surface area contributed by atoms with Gasteiger partial charge in [-0.1, -0.05) is 12.1 Å². The molecule has 0 aliphatic heterocycles. The van der Waals surface area contributed by atoms with E-state index >= 15 is 0 Å². The number of aromatic nitrogens is 1. The molecule has 0 amide bonds. The highest BCUT2D eigenvalue weighted by atomic mass is 32.2. The molecule has 0 saturated carbocycles. The van der Waals surface area contributed by atoms with E-state index in [1.54, 1.807) is 11.8 Å². The Morgan fingerprint density at radius 1 is 1.18 bits per heavy atom. The fourth-order valence-corrected chi connectivity index (χ4v) is 2.08. The molecule has 0 unspecified atom stereocenters. The van der Waals surface area contributed by atoms with Crippen LogP contribution in [-0.4, -0.2) is 6.26 Å². The highest BCUT2D eigenvalue weighted by Gasteiger charge is 2.07. The summed E-state index contributed by atoms with van der Waals surface area (Å²) < 4.78 is 2.08. The van der Waals surface area contributed by atoms with Crippen molar-refractivity contribution in [1.82, 2.24) is 0 Å². The molecule has 0 aliphatic rings. The van der Waals surface area contributed by atoms with E-state index in [-0.39, 0.29) is 0 Å². The van der Waals surface area contributed by atoms with Gasteiger partial charge >= 0.3 is 0 Å². The molecular formula is C15H14NS+. The maximum absolute atomic E-state index is 5.48. The van der Waals surface area contributed by atoms with Gasteiger partial charge in [0.15, 0.2) is 12.7 Å². The van der Waals surface area contributed by atoms with Crippen LogP contribution in [0.5, 0.6) is 0 Å². The lowest BCUT2D eigenvalue weighted by Crippen LogP contribution is -2.37. The maximum Gasteiger partial charge on any atom is 0.256 e. The third-order valence-electron chi connectivity index (χ3n) is 2.60. The van der Waals surface area contributed by atoms with Crippen LogP contribution in [0.15, 0.2) is 53.6 Å². The van der Waals surface area contributed by atoms with Crippen molar-refractivity contribution in [3.63, 3.8) is 0 Å². The summed E-state index contributed by atoms with van der Waals surface area (Å²) in [6, 6.07) is 14.5. The van der Waals surface area contributed by atoms with Gasteiger partial charge in [0.25, 0.3) is 5.69 Å². The summed E-state index contributed by atoms with van der Waals surface area (Å²) in [5, 5.41) is 0. The monoisotopic (exact) mass is 240 g/mol. The number of hydrogen-bond donors (Lipinski definition) is 0. The minimum Gasteiger partial charge on any atom is -0.187 e. The lowest BCUT2D eigenvalue weighted by molar-refractivity contribution is -0.690. The van der Waals surface area contributed by atoms with Gasteiger partial charge in [0.1, 0.15) is 0 Å². The predicted molar refractivity (Wildman–Crippen MR) is 71.9 cm³/mol. The number of pyridine rings is 1. The molecule has 17 heavy (non-hydrogen) atoms. The lowest BCUT2D eigenvalue weighted by Gasteiger charge is -2.01. The molecule has 1 nitrogen and oxygen atoms in total. The fourth-order valence-electron chi connectivity index (χ4n) is 1.67. The molecule has 0 bridgehead atoms. The fraction of sp³-hybridized carbons (Fsp3) is 0.133. The SMILES string of the molecule is C#Cc1cccc[n+]1Cc1ccc(SC)cc1. The van der Waals surface area contributed by atoms with Crippen LogP contribution in [0.4, 0.5) is 0 Å². The van der Waals surface area contributed by atoms with E-state index in [0.29, 0.717) is 0 Å². The summed E-state index contributed by atoms with van der Waals surface area (Å²) in [6.45, 7) is 0.815. The summed E-state index contributed by atoms with van der Waals surface area (Å²) in [4.78, 5) is 1.28. The third kappa shape index (κ3) is 2.89. The Morgan fingerprint density at radius 2 is 1.94 bits per heavy atom. The zero-order valence-electron chi connectivity index (χ0n) is 9.76. The first-order valence-electron chi connectivity index (χ1n) is 5.41. The number of thioether (sulfide) groups is 1. The van der Waals surface area contributed by atoms with Gasteiger partial charge in [-0.3, -0.25) is 0 Å². The van der Waals surface area contributed by atoms with Crippen LogP contribution in [0.1, 0.15) is 11.3 Å². The molecule has 1 aromatic carbocycles. The van der Waals surface area contributed by atoms with E-state index in [4.69, 9.17) is 6.42 Å². The van der Waals surface area contributed by atoms with Crippen molar-refractivity contribution in [2.75, 3.05) is 6.26 Å². The van der Waals surface area contributed by atoms with Crippen LogP contribution in [0.3, 0.4) is 0 Å². The Kier molecular flexibility index (Phi) is 3.85. The van der Waals surface area contributed by atoms with Crippen molar-refractivity contribution < 1.29 is 4.57 Å². The molecule has 0 fully saturated rings. The van der Waals surface area contributed by atoms with Gasteiger partial charge in [-0.15, -0.1) is 18.2 Å². The first-order chi connectivity index (χ1) is 8.33. The summed E-state index contributed by atoms with van der Waals surface area (Å²) in [5.41, 5.74) is 2.16. The number of hydrogen-bond acceptors (Lipinski definition) is 1. The Hall–Kier alpha value is -1.72. The second-order valence-electron chi connectivity index (χ2n) is 3.71. The van der Waals surface area contributed by atoms with Gasteiger partial charge < -0.3 is 0 Å². The maximum atomic E-state index is 5.48. The van der Waals surface area contributed by atoms with E-state index in [9.17, 15) is 0 Å². The van der Waals surface area contributed by atoms with Crippen molar-refractivity contribution in [1.29, 1.82) is 0 Å². The molecule has 2 rings (SSSR count). The second-order valence-corrected chi connectivity index (χ2v) is 4.59. The van der Waals surface area contributed by atoms with Crippen LogP contribution in [-0.2, 0) is 6.54 Å². The lowest BCUT2D eigenvalue weighted by atomic mass is 10.2. The molecule has 1 heterocycles. The minimum absolute atomic E-state index is 0.815. The van der Waals surface area contributed by atoms with Crippen molar-refractivity contribution >= 4 is 11.8 Å². The topological polar surface area (TPSA) is 3.88 Å². The molecule has 0 aliphatic carbocycles. The standard InChI is InChI=1S/C15H14NS/c1-3-14-6-4-5-11-16(14)12-13-7-9-15(17-2)10-8-13/h1,4-11H,12H2,2H3/q+1. The van der Waals surface area contributed by atoms with Crippen molar-refractivity contribution in [3.05, 3.63) is 59.9 Å². The van der Waals surface area contributed by atoms with Gasteiger partial charge in [0.2, 0.25) is 0 Å². The Labute approximate surface area is 107 Å². The summed E-state index contributed by atoms with van der Waals surface area (Å²) in [6.07, 6.45) is 9.57. The van der Waals surface area contributed by atoms with Gasteiger partial charge in [-0.2, -0.15) is 4.57 Å². The van der Waals surface area contributed by atoms with E-state index in [1.807, 2.05) is 24.4 Å². The van der Waals surface area contributed by atoms with Gasteiger partial charge in [0.05, 0.1) is 0 Å². The van der Waals surface area contributed by atoms with Gasteiger partial charge in [0, 0.05) is 22.6 Å². The van der Waals surface area contributed by atoms with E-state index in [2.05, 4.69) is 41.0 Å². The molecular weight excluding hydrogens is 226 g/mol. The van der Waals surface area contributed by atoms with E-state index < -0.39 is 0 Å². The Bertz CT molecular complexity index is 538.